The van der Waals surface area contributed by atoms with Crippen LogP contribution in [0.4, 0.5) is 0 Å². The molecule has 1 unspecified atom stereocenters. The van der Waals surface area contributed by atoms with Gasteiger partial charge in [0, 0.05) is 17.2 Å². The maximum absolute atomic E-state index is 12.1. The molecule has 0 radical (unpaired) electrons. The van der Waals surface area contributed by atoms with Gasteiger partial charge in [-0.25, -0.2) is 0 Å². The summed E-state index contributed by atoms with van der Waals surface area (Å²) >= 11 is 0. The van der Waals surface area contributed by atoms with Crippen LogP contribution in [0.15, 0.2) is 30.5 Å². The van der Waals surface area contributed by atoms with Gasteiger partial charge < -0.3 is 5.11 Å². The van der Waals surface area contributed by atoms with Crippen molar-refractivity contribution in [2.24, 2.45) is 0 Å². The standard InChI is InChI=1S/C18H24O2/c1-7-9-16(19)13-10-14(12(3)8-2)17(20)15(11-13)18(4,5)6/h9-12,20H,1,8H2,2-6H3. The van der Waals surface area contributed by atoms with E-state index in [1.54, 1.807) is 12.1 Å². The number of phenolic OH excluding ortho intramolecular Hbond substituents is 1. The predicted molar refractivity (Wildman–Crippen MR) is 83.6 cm³/mol. The highest BCUT2D eigenvalue weighted by molar-refractivity contribution is 6.04. The largest absolute Gasteiger partial charge is 0.507 e. The van der Waals surface area contributed by atoms with E-state index in [4.69, 9.17) is 0 Å². The predicted octanol–water partition coefficient (Wildman–Crippen LogP) is 4.73. The van der Waals surface area contributed by atoms with E-state index in [0.29, 0.717) is 11.3 Å². The lowest BCUT2D eigenvalue weighted by molar-refractivity contribution is 0.104. The fourth-order valence-corrected chi connectivity index (χ4v) is 2.14. The molecule has 20 heavy (non-hydrogen) atoms. The lowest BCUT2D eigenvalue weighted by atomic mass is 9.81. The van der Waals surface area contributed by atoms with Crippen LogP contribution in [0.3, 0.4) is 0 Å². The number of allylic oxidation sites excluding steroid dienone is 1. The molecule has 1 rings (SSSR count). The minimum absolute atomic E-state index is 0.130. The second kappa shape index (κ2) is 6.11. The first-order chi connectivity index (χ1) is 9.22. The molecule has 0 bridgehead atoms. The molecule has 2 heteroatoms. The number of carbonyl (C=O) groups excluding carboxylic acids is 1. The first-order valence-corrected chi connectivity index (χ1v) is 6.99. The normalized spacial score (nSPS) is 12.7. The molecule has 1 N–H and O–H groups in total. The fourth-order valence-electron chi connectivity index (χ4n) is 2.14. The van der Waals surface area contributed by atoms with Crippen molar-refractivity contribution in [2.45, 2.75) is 52.4 Å². The van der Waals surface area contributed by atoms with E-state index in [1.165, 1.54) is 6.08 Å². The Morgan fingerprint density at radius 1 is 1.45 bits per heavy atom. The summed E-state index contributed by atoms with van der Waals surface area (Å²) in [5, 5.41) is 10.5. The summed E-state index contributed by atoms with van der Waals surface area (Å²) in [6.45, 7) is 13.6. The summed E-state index contributed by atoms with van der Waals surface area (Å²) in [5.41, 5.74) is 4.51. The van der Waals surface area contributed by atoms with Gasteiger partial charge in [0.05, 0.1) is 0 Å². The van der Waals surface area contributed by atoms with Crippen LogP contribution in [-0.2, 0) is 5.41 Å². The number of ketones is 1. The van der Waals surface area contributed by atoms with Crippen molar-refractivity contribution in [3.8, 4) is 5.75 Å². The number of aromatic hydroxyl groups is 1. The van der Waals surface area contributed by atoms with Crippen molar-refractivity contribution in [1.29, 1.82) is 0 Å². The minimum atomic E-state index is -0.222. The topological polar surface area (TPSA) is 37.3 Å². The molecule has 0 saturated heterocycles. The zero-order valence-corrected chi connectivity index (χ0v) is 13.1. The van der Waals surface area contributed by atoms with Crippen molar-refractivity contribution in [2.75, 3.05) is 0 Å². The van der Waals surface area contributed by atoms with E-state index >= 15 is 0 Å². The third-order valence-electron chi connectivity index (χ3n) is 3.61. The van der Waals surface area contributed by atoms with Crippen molar-refractivity contribution in [3.63, 3.8) is 0 Å². The van der Waals surface area contributed by atoms with Gasteiger partial charge in [-0.15, -0.1) is 5.73 Å². The van der Waals surface area contributed by atoms with Crippen LogP contribution in [0.25, 0.3) is 0 Å². The van der Waals surface area contributed by atoms with Gasteiger partial charge in [-0.1, -0.05) is 41.2 Å². The highest BCUT2D eigenvalue weighted by atomic mass is 16.3. The third-order valence-corrected chi connectivity index (χ3v) is 3.61. The number of carbonyl (C=O) groups is 1. The Balaban J connectivity index is 3.57. The molecule has 2 nitrogen and oxygen atoms in total. The molecule has 0 aromatic heterocycles. The SMILES string of the molecule is C=C=CC(=O)c1cc(C(C)CC)c(O)c(C(C)(C)C)c1. The summed E-state index contributed by atoms with van der Waals surface area (Å²) in [6.07, 6.45) is 2.24. The summed E-state index contributed by atoms with van der Waals surface area (Å²) in [6, 6.07) is 3.56. The van der Waals surface area contributed by atoms with Crippen LogP contribution in [0.2, 0.25) is 0 Å². The quantitative estimate of drug-likeness (QED) is 0.489. The van der Waals surface area contributed by atoms with Crippen LogP contribution in [-0.4, -0.2) is 10.9 Å². The zero-order chi connectivity index (χ0) is 15.5. The molecule has 1 atom stereocenters. The van der Waals surface area contributed by atoms with Gasteiger partial charge in [0.1, 0.15) is 5.75 Å². The maximum Gasteiger partial charge on any atom is 0.193 e. The zero-order valence-electron chi connectivity index (χ0n) is 13.1. The number of benzene rings is 1. The molecular weight excluding hydrogens is 248 g/mol. The molecule has 0 aliphatic rings. The molecule has 0 spiro atoms. The van der Waals surface area contributed by atoms with Gasteiger partial charge in [0.15, 0.2) is 5.78 Å². The molecule has 0 amide bonds. The van der Waals surface area contributed by atoms with Crippen molar-refractivity contribution < 1.29 is 9.90 Å². The molecule has 1 aromatic rings. The molecule has 0 fully saturated rings. The van der Waals surface area contributed by atoms with Gasteiger partial charge in [0.25, 0.3) is 0 Å². The van der Waals surface area contributed by atoms with Crippen LogP contribution in [0.5, 0.6) is 5.75 Å². The summed E-state index contributed by atoms with van der Waals surface area (Å²) < 4.78 is 0. The van der Waals surface area contributed by atoms with Gasteiger partial charge in [-0.05, 0) is 35.4 Å². The van der Waals surface area contributed by atoms with Gasteiger partial charge in [-0.2, -0.15) is 0 Å². The Morgan fingerprint density at radius 3 is 2.50 bits per heavy atom. The second-order valence-electron chi connectivity index (χ2n) is 6.23. The summed E-state index contributed by atoms with van der Waals surface area (Å²) in [7, 11) is 0. The molecule has 108 valence electrons. The van der Waals surface area contributed by atoms with E-state index < -0.39 is 0 Å². The number of hydrogen-bond donors (Lipinski definition) is 1. The average molecular weight is 272 g/mol. The third kappa shape index (κ3) is 3.40. The van der Waals surface area contributed by atoms with E-state index in [2.05, 4.69) is 26.2 Å². The van der Waals surface area contributed by atoms with Crippen LogP contribution < -0.4 is 0 Å². The molecule has 1 aromatic carbocycles. The van der Waals surface area contributed by atoms with E-state index in [0.717, 1.165) is 17.5 Å². The van der Waals surface area contributed by atoms with Crippen molar-refractivity contribution in [1.82, 2.24) is 0 Å². The Labute approximate surface area is 121 Å². The smallest absolute Gasteiger partial charge is 0.193 e. The van der Waals surface area contributed by atoms with Gasteiger partial charge in [0.2, 0.25) is 0 Å². The minimum Gasteiger partial charge on any atom is -0.507 e. The lowest BCUT2D eigenvalue weighted by Crippen LogP contribution is -2.14. The number of phenols is 1. The fraction of sp³-hybridized carbons (Fsp3) is 0.444. The molecule has 0 saturated carbocycles. The maximum atomic E-state index is 12.1. The van der Waals surface area contributed by atoms with Crippen LogP contribution >= 0.6 is 0 Å². The summed E-state index contributed by atoms with van der Waals surface area (Å²) in [4.78, 5) is 12.1. The lowest BCUT2D eigenvalue weighted by Gasteiger charge is -2.24. The van der Waals surface area contributed by atoms with E-state index in [1.807, 2.05) is 20.8 Å². The Bertz CT molecular complexity index is 556. The monoisotopic (exact) mass is 272 g/mol. The molecule has 0 heterocycles. The summed E-state index contributed by atoms with van der Waals surface area (Å²) in [5.74, 6) is 0.387. The highest BCUT2D eigenvalue weighted by Gasteiger charge is 2.24. The Morgan fingerprint density at radius 2 is 2.05 bits per heavy atom. The Hall–Kier alpha value is -1.79. The van der Waals surface area contributed by atoms with Crippen LogP contribution in [0, 0.1) is 0 Å². The Kier molecular flexibility index (Phi) is 4.97. The second-order valence-corrected chi connectivity index (χ2v) is 6.23. The van der Waals surface area contributed by atoms with E-state index in [9.17, 15) is 9.90 Å². The van der Waals surface area contributed by atoms with Crippen LogP contribution in [0.1, 0.15) is 68.4 Å². The van der Waals surface area contributed by atoms with Crippen molar-refractivity contribution in [3.05, 3.63) is 47.2 Å². The van der Waals surface area contributed by atoms with Crippen molar-refractivity contribution >= 4 is 5.78 Å². The van der Waals surface area contributed by atoms with Gasteiger partial charge >= 0.3 is 0 Å². The highest BCUT2D eigenvalue weighted by Crippen LogP contribution is 2.38. The molecule has 0 aliphatic carbocycles. The molecule has 0 aliphatic heterocycles. The molecular formula is C18H24O2. The van der Waals surface area contributed by atoms with E-state index in [-0.39, 0.29) is 17.1 Å². The average Bonchev–Trinajstić information content (AvgIpc) is 2.36. The number of rotatable bonds is 4. The number of hydrogen-bond acceptors (Lipinski definition) is 2. The first kappa shape index (κ1) is 16.3. The first-order valence-electron chi connectivity index (χ1n) is 6.99. The van der Waals surface area contributed by atoms with Gasteiger partial charge in [-0.3, -0.25) is 4.79 Å².